The van der Waals surface area contributed by atoms with E-state index in [9.17, 15) is 14.0 Å². The number of halogens is 1. The molecule has 6 heteroatoms. The van der Waals surface area contributed by atoms with Crippen LogP contribution in [0.15, 0.2) is 41.8 Å². The van der Waals surface area contributed by atoms with E-state index in [1.54, 1.807) is 18.2 Å². The van der Waals surface area contributed by atoms with Crippen LogP contribution < -0.4 is 5.32 Å². The van der Waals surface area contributed by atoms with Crippen molar-refractivity contribution in [2.75, 3.05) is 0 Å². The molecule has 0 spiro atoms. The van der Waals surface area contributed by atoms with Crippen LogP contribution in [0.4, 0.5) is 4.39 Å². The molecule has 1 heterocycles. The van der Waals surface area contributed by atoms with Crippen LogP contribution in [-0.2, 0) is 16.0 Å². The van der Waals surface area contributed by atoms with Gasteiger partial charge in [0.15, 0.2) is 0 Å². The van der Waals surface area contributed by atoms with Crippen LogP contribution in [0.1, 0.15) is 22.9 Å². The van der Waals surface area contributed by atoms with Gasteiger partial charge in [-0.25, -0.2) is 4.39 Å². The quantitative estimate of drug-likeness (QED) is 0.862. The minimum absolute atomic E-state index is 0.0131. The summed E-state index contributed by atoms with van der Waals surface area (Å²) in [7, 11) is 0. The fourth-order valence-corrected chi connectivity index (χ4v) is 2.74. The summed E-state index contributed by atoms with van der Waals surface area (Å²) in [6.07, 6.45) is -0.172. The number of benzene rings is 1. The molecule has 0 bridgehead atoms. The van der Waals surface area contributed by atoms with Gasteiger partial charge in [-0.1, -0.05) is 18.2 Å². The second-order valence-electron chi connectivity index (χ2n) is 4.54. The summed E-state index contributed by atoms with van der Waals surface area (Å²) in [6, 6.07) is 8.79. The van der Waals surface area contributed by atoms with Crippen molar-refractivity contribution in [1.82, 2.24) is 5.32 Å². The van der Waals surface area contributed by atoms with E-state index in [1.807, 2.05) is 5.38 Å². The third-order valence-corrected chi connectivity index (χ3v) is 3.84. The van der Waals surface area contributed by atoms with Gasteiger partial charge in [-0.3, -0.25) is 9.59 Å². The van der Waals surface area contributed by atoms with Crippen LogP contribution >= 0.6 is 11.3 Å². The second-order valence-corrected chi connectivity index (χ2v) is 5.52. The number of carboxylic acids is 1. The fraction of sp³-hybridized carbons (Fsp3) is 0.200. The summed E-state index contributed by atoms with van der Waals surface area (Å²) >= 11 is 1.39. The molecular formula is C15H14FNO3S. The van der Waals surface area contributed by atoms with Gasteiger partial charge in [0, 0.05) is 4.88 Å². The maximum atomic E-state index is 13.1. The molecule has 21 heavy (non-hydrogen) atoms. The predicted molar refractivity (Wildman–Crippen MR) is 77.6 cm³/mol. The minimum Gasteiger partial charge on any atom is -0.481 e. The Morgan fingerprint density at radius 1 is 1.29 bits per heavy atom. The summed E-state index contributed by atoms with van der Waals surface area (Å²) in [5, 5.41) is 13.4. The number of carbonyl (C=O) groups is 2. The van der Waals surface area contributed by atoms with Gasteiger partial charge in [0.25, 0.3) is 0 Å². The van der Waals surface area contributed by atoms with E-state index in [0.717, 1.165) is 4.88 Å². The summed E-state index contributed by atoms with van der Waals surface area (Å²) < 4.78 is 13.1. The summed E-state index contributed by atoms with van der Waals surface area (Å²) in [5.74, 6) is -1.72. The number of amides is 1. The number of nitrogens with one attached hydrogen (secondary N) is 1. The fourth-order valence-electron chi connectivity index (χ4n) is 1.96. The number of rotatable bonds is 6. The Morgan fingerprint density at radius 2 is 2.10 bits per heavy atom. The van der Waals surface area contributed by atoms with E-state index in [4.69, 9.17) is 5.11 Å². The lowest BCUT2D eigenvalue weighted by Gasteiger charge is -2.15. The van der Waals surface area contributed by atoms with Crippen molar-refractivity contribution in [3.8, 4) is 0 Å². The van der Waals surface area contributed by atoms with E-state index >= 15 is 0 Å². The first kappa shape index (κ1) is 15.2. The average molecular weight is 307 g/mol. The van der Waals surface area contributed by atoms with E-state index in [1.165, 1.54) is 29.5 Å². The zero-order valence-corrected chi connectivity index (χ0v) is 11.9. The SMILES string of the molecule is O=C(O)C[C@H](NC(=O)Cc1cccc(F)c1)c1cccs1. The van der Waals surface area contributed by atoms with Crippen molar-refractivity contribution in [3.05, 3.63) is 58.0 Å². The lowest BCUT2D eigenvalue weighted by atomic mass is 10.1. The van der Waals surface area contributed by atoms with Crippen LogP contribution in [0.5, 0.6) is 0 Å². The minimum atomic E-state index is -0.987. The molecular weight excluding hydrogens is 293 g/mol. The molecule has 4 nitrogen and oxygen atoms in total. The molecule has 2 aromatic rings. The highest BCUT2D eigenvalue weighted by Gasteiger charge is 2.19. The number of aliphatic carboxylic acids is 1. The summed E-state index contributed by atoms with van der Waals surface area (Å²) in [4.78, 5) is 23.7. The molecule has 1 atom stereocenters. The van der Waals surface area contributed by atoms with Crippen molar-refractivity contribution in [1.29, 1.82) is 0 Å². The molecule has 0 saturated carbocycles. The van der Waals surface area contributed by atoms with Crippen molar-refractivity contribution in [2.45, 2.75) is 18.9 Å². The number of hydrogen-bond acceptors (Lipinski definition) is 3. The van der Waals surface area contributed by atoms with Gasteiger partial charge in [-0.05, 0) is 29.1 Å². The maximum Gasteiger partial charge on any atom is 0.305 e. The van der Waals surface area contributed by atoms with Crippen LogP contribution in [0.25, 0.3) is 0 Å². The topological polar surface area (TPSA) is 66.4 Å². The lowest BCUT2D eigenvalue weighted by molar-refractivity contribution is -0.137. The lowest BCUT2D eigenvalue weighted by Crippen LogP contribution is -2.30. The number of thiophene rings is 1. The molecule has 0 radical (unpaired) electrons. The van der Waals surface area contributed by atoms with Crippen molar-refractivity contribution in [2.24, 2.45) is 0 Å². The van der Waals surface area contributed by atoms with E-state index in [2.05, 4.69) is 5.32 Å². The zero-order valence-electron chi connectivity index (χ0n) is 11.1. The zero-order chi connectivity index (χ0) is 15.2. The molecule has 0 unspecified atom stereocenters. The molecule has 1 aromatic heterocycles. The van der Waals surface area contributed by atoms with Gasteiger partial charge < -0.3 is 10.4 Å². The van der Waals surface area contributed by atoms with Crippen LogP contribution in [0.3, 0.4) is 0 Å². The summed E-state index contributed by atoms with van der Waals surface area (Å²) in [5.41, 5.74) is 0.549. The van der Waals surface area contributed by atoms with Gasteiger partial charge in [0.2, 0.25) is 5.91 Å². The van der Waals surface area contributed by atoms with Gasteiger partial charge in [-0.15, -0.1) is 11.3 Å². The highest BCUT2D eigenvalue weighted by Crippen LogP contribution is 2.22. The van der Waals surface area contributed by atoms with Crippen molar-refractivity contribution >= 4 is 23.2 Å². The van der Waals surface area contributed by atoms with E-state index in [0.29, 0.717) is 5.56 Å². The van der Waals surface area contributed by atoms with Crippen LogP contribution in [0, 0.1) is 5.82 Å². The molecule has 1 amide bonds. The third kappa shape index (κ3) is 4.68. The Hall–Kier alpha value is -2.21. The van der Waals surface area contributed by atoms with E-state index in [-0.39, 0.29) is 18.7 Å². The first-order chi connectivity index (χ1) is 10.0. The van der Waals surface area contributed by atoms with Gasteiger partial charge >= 0.3 is 5.97 Å². The first-order valence-corrected chi connectivity index (χ1v) is 7.21. The monoisotopic (exact) mass is 307 g/mol. The molecule has 1 aromatic carbocycles. The second kappa shape index (κ2) is 6.99. The largest absolute Gasteiger partial charge is 0.481 e. The molecule has 0 saturated heterocycles. The Balaban J connectivity index is 2.02. The molecule has 0 aliphatic rings. The molecule has 2 rings (SSSR count). The molecule has 0 aliphatic carbocycles. The average Bonchev–Trinajstić information content (AvgIpc) is 2.91. The predicted octanol–water partition coefficient (Wildman–Crippen LogP) is 2.76. The Bertz CT molecular complexity index is 628. The first-order valence-electron chi connectivity index (χ1n) is 6.33. The Kier molecular flexibility index (Phi) is 5.05. The highest BCUT2D eigenvalue weighted by molar-refractivity contribution is 7.10. The number of carboxylic acid groups (broad SMARTS) is 1. The smallest absolute Gasteiger partial charge is 0.305 e. The van der Waals surface area contributed by atoms with Crippen molar-refractivity contribution in [3.63, 3.8) is 0 Å². The van der Waals surface area contributed by atoms with Crippen molar-refractivity contribution < 1.29 is 19.1 Å². The van der Waals surface area contributed by atoms with Crippen LogP contribution in [-0.4, -0.2) is 17.0 Å². The molecule has 0 fully saturated rings. The molecule has 110 valence electrons. The number of carbonyl (C=O) groups excluding carboxylic acids is 1. The van der Waals surface area contributed by atoms with Gasteiger partial charge in [0.05, 0.1) is 18.9 Å². The summed E-state index contributed by atoms with van der Waals surface area (Å²) in [6.45, 7) is 0. The standard InChI is InChI=1S/C15H14FNO3S/c16-11-4-1-3-10(7-11)8-14(18)17-12(9-15(19)20)13-5-2-6-21-13/h1-7,12H,8-9H2,(H,17,18)(H,19,20)/t12-/m0/s1. The highest BCUT2D eigenvalue weighted by atomic mass is 32.1. The van der Waals surface area contributed by atoms with Gasteiger partial charge in [0.1, 0.15) is 5.82 Å². The molecule has 0 aliphatic heterocycles. The third-order valence-electron chi connectivity index (χ3n) is 2.85. The molecule has 2 N–H and O–H groups in total. The maximum absolute atomic E-state index is 13.1. The Labute approximate surface area is 125 Å². The van der Waals surface area contributed by atoms with Crippen LogP contribution in [0.2, 0.25) is 0 Å². The Morgan fingerprint density at radius 3 is 2.71 bits per heavy atom. The van der Waals surface area contributed by atoms with E-state index < -0.39 is 17.8 Å². The number of hydrogen-bond donors (Lipinski definition) is 2. The normalized spacial score (nSPS) is 11.9. The van der Waals surface area contributed by atoms with Gasteiger partial charge in [-0.2, -0.15) is 0 Å².